The summed E-state index contributed by atoms with van der Waals surface area (Å²) in [7, 11) is 1.84. The van der Waals surface area contributed by atoms with E-state index in [2.05, 4.69) is 10.6 Å². The lowest BCUT2D eigenvalue weighted by Gasteiger charge is -2.49. The lowest BCUT2D eigenvalue weighted by Crippen LogP contribution is -2.62. The molecule has 2 aliphatic rings. The Balaban J connectivity index is 1.90. The zero-order valence-corrected chi connectivity index (χ0v) is 10.7. The minimum absolute atomic E-state index is 0.0341. The fourth-order valence-corrected chi connectivity index (χ4v) is 2.52. The maximum Gasteiger partial charge on any atom is 0.227 e. The lowest BCUT2D eigenvalue weighted by molar-refractivity contribution is -0.133. The Hall–Kier alpha value is -0.650. The summed E-state index contributed by atoms with van der Waals surface area (Å²) in [6.45, 7) is 5.03. The number of nitrogens with one attached hydrogen (secondary N) is 2. The monoisotopic (exact) mass is 242 g/mol. The molecule has 1 heterocycles. The molecule has 4 atom stereocenters. The van der Waals surface area contributed by atoms with Crippen LogP contribution in [0.25, 0.3) is 0 Å². The molecule has 5 nitrogen and oxygen atoms in total. The number of amides is 1. The number of carbonyl (C=O) groups is 1. The van der Waals surface area contributed by atoms with Crippen molar-refractivity contribution in [3.63, 3.8) is 0 Å². The molecule has 0 aromatic rings. The van der Waals surface area contributed by atoms with Gasteiger partial charge in [-0.2, -0.15) is 0 Å². The van der Waals surface area contributed by atoms with Gasteiger partial charge in [-0.25, -0.2) is 0 Å². The van der Waals surface area contributed by atoms with Crippen LogP contribution in [0.15, 0.2) is 0 Å². The van der Waals surface area contributed by atoms with Crippen LogP contribution >= 0.6 is 0 Å². The van der Waals surface area contributed by atoms with Gasteiger partial charge < -0.3 is 20.5 Å². The number of carbonyl (C=O) groups excluding carboxylic acids is 1. The standard InChI is InChI=1S/C12H22N2O3/c1-12(2)9(4-10(12)15)14-11(16)7-5-17-6-8(7)13-3/h7-10,13,15H,4-6H2,1-3H3,(H,14,16). The maximum absolute atomic E-state index is 12.1. The molecule has 4 unspecified atom stereocenters. The largest absolute Gasteiger partial charge is 0.392 e. The third kappa shape index (κ3) is 2.19. The van der Waals surface area contributed by atoms with Crippen molar-refractivity contribution in [1.29, 1.82) is 0 Å². The maximum atomic E-state index is 12.1. The predicted molar refractivity (Wildman–Crippen MR) is 63.5 cm³/mol. The second kappa shape index (κ2) is 4.55. The topological polar surface area (TPSA) is 70.6 Å². The first-order valence-electron chi connectivity index (χ1n) is 6.20. The van der Waals surface area contributed by atoms with E-state index >= 15 is 0 Å². The van der Waals surface area contributed by atoms with Crippen molar-refractivity contribution in [2.24, 2.45) is 11.3 Å². The summed E-state index contributed by atoms with van der Waals surface area (Å²) in [5.74, 6) is -0.0830. The molecule has 1 saturated carbocycles. The van der Waals surface area contributed by atoms with Crippen molar-refractivity contribution in [1.82, 2.24) is 10.6 Å². The van der Waals surface area contributed by atoms with Gasteiger partial charge in [0.1, 0.15) is 0 Å². The van der Waals surface area contributed by atoms with E-state index in [0.29, 0.717) is 19.6 Å². The van der Waals surface area contributed by atoms with Crippen LogP contribution in [0, 0.1) is 11.3 Å². The summed E-state index contributed by atoms with van der Waals surface area (Å²) in [5, 5.41) is 15.8. The van der Waals surface area contributed by atoms with E-state index in [1.165, 1.54) is 0 Å². The zero-order valence-electron chi connectivity index (χ0n) is 10.7. The highest BCUT2D eigenvalue weighted by molar-refractivity contribution is 5.80. The Labute approximate surface area is 102 Å². The second-order valence-corrected chi connectivity index (χ2v) is 5.67. The molecule has 0 radical (unpaired) electrons. The van der Waals surface area contributed by atoms with Crippen LogP contribution in [0.1, 0.15) is 20.3 Å². The molecule has 0 bridgehead atoms. The highest BCUT2D eigenvalue weighted by Gasteiger charge is 2.49. The summed E-state index contributed by atoms with van der Waals surface area (Å²) in [5.41, 5.74) is -0.218. The first kappa shape index (κ1) is 12.8. The average molecular weight is 242 g/mol. The number of hydrogen-bond acceptors (Lipinski definition) is 4. The second-order valence-electron chi connectivity index (χ2n) is 5.67. The van der Waals surface area contributed by atoms with E-state index in [-0.39, 0.29) is 35.4 Å². The Bertz CT molecular complexity index is 306. The molecular formula is C12H22N2O3. The molecular weight excluding hydrogens is 220 g/mol. The van der Waals surface area contributed by atoms with E-state index in [1.54, 1.807) is 0 Å². The smallest absolute Gasteiger partial charge is 0.227 e. The molecule has 3 N–H and O–H groups in total. The average Bonchev–Trinajstić information content (AvgIpc) is 2.76. The van der Waals surface area contributed by atoms with Crippen LogP contribution in [0.4, 0.5) is 0 Å². The Morgan fingerprint density at radius 3 is 2.65 bits per heavy atom. The zero-order chi connectivity index (χ0) is 12.6. The molecule has 17 heavy (non-hydrogen) atoms. The molecule has 0 aromatic carbocycles. The summed E-state index contributed by atoms with van der Waals surface area (Å²) >= 11 is 0. The van der Waals surface area contributed by atoms with Gasteiger partial charge in [0.2, 0.25) is 5.91 Å². The molecule has 0 aromatic heterocycles. The summed E-state index contributed by atoms with van der Waals surface area (Å²) < 4.78 is 5.32. The quantitative estimate of drug-likeness (QED) is 0.624. The van der Waals surface area contributed by atoms with E-state index in [1.807, 2.05) is 20.9 Å². The molecule has 5 heteroatoms. The molecule has 0 spiro atoms. The van der Waals surface area contributed by atoms with Crippen molar-refractivity contribution < 1.29 is 14.6 Å². The van der Waals surface area contributed by atoms with Gasteiger partial charge in [-0.15, -0.1) is 0 Å². The highest BCUT2D eigenvalue weighted by atomic mass is 16.5. The molecule has 2 fully saturated rings. The molecule has 1 aliphatic heterocycles. The molecule has 2 rings (SSSR count). The summed E-state index contributed by atoms with van der Waals surface area (Å²) in [4.78, 5) is 12.1. The van der Waals surface area contributed by atoms with Gasteiger partial charge in [0.15, 0.2) is 0 Å². The van der Waals surface area contributed by atoms with Gasteiger partial charge >= 0.3 is 0 Å². The van der Waals surface area contributed by atoms with Crippen molar-refractivity contribution >= 4 is 5.91 Å². The predicted octanol–water partition coefficient (Wildman–Crippen LogP) is -0.504. The molecule has 1 saturated heterocycles. The minimum Gasteiger partial charge on any atom is -0.392 e. The van der Waals surface area contributed by atoms with Gasteiger partial charge in [-0.3, -0.25) is 4.79 Å². The SMILES string of the molecule is CNC1COCC1C(=O)NC1CC(O)C1(C)C. The van der Waals surface area contributed by atoms with Crippen LogP contribution < -0.4 is 10.6 Å². The van der Waals surface area contributed by atoms with Crippen LogP contribution in [-0.2, 0) is 9.53 Å². The Kier molecular flexibility index (Phi) is 3.43. The van der Waals surface area contributed by atoms with Crippen LogP contribution in [-0.4, -0.2) is 49.5 Å². The third-order valence-electron chi connectivity index (χ3n) is 4.32. The van der Waals surface area contributed by atoms with E-state index in [4.69, 9.17) is 4.74 Å². The fraction of sp³-hybridized carbons (Fsp3) is 0.917. The van der Waals surface area contributed by atoms with E-state index in [0.717, 1.165) is 0 Å². The van der Waals surface area contributed by atoms with Gasteiger partial charge in [0, 0.05) is 17.5 Å². The first-order chi connectivity index (χ1) is 7.96. The third-order valence-corrected chi connectivity index (χ3v) is 4.32. The number of rotatable bonds is 3. The number of hydrogen-bond donors (Lipinski definition) is 3. The van der Waals surface area contributed by atoms with Crippen molar-refractivity contribution in [3.8, 4) is 0 Å². The number of aliphatic hydroxyl groups is 1. The van der Waals surface area contributed by atoms with Crippen LogP contribution in [0.3, 0.4) is 0 Å². The van der Waals surface area contributed by atoms with Crippen LogP contribution in [0.2, 0.25) is 0 Å². The fourth-order valence-electron chi connectivity index (χ4n) is 2.52. The van der Waals surface area contributed by atoms with E-state index < -0.39 is 0 Å². The number of likely N-dealkylation sites (N-methyl/N-ethyl adjacent to an activating group) is 1. The lowest BCUT2D eigenvalue weighted by atomic mass is 9.64. The number of ether oxygens (including phenoxy) is 1. The first-order valence-corrected chi connectivity index (χ1v) is 6.20. The molecule has 1 amide bonds. The summed E-state index contributed by atoms with van der Waals surface area (Å²) in [6.07, 6.45) is 0.337. The number of aliphatic hydroxyl groups excluding tert-OH is 1. The van der Waals surface area contributed by atoms with Crippen LogP contribution in [0.5, 0.6) is 0 Å². The molecule has 98 valence electrons. The molecule has 1 aliphatic carbocycles. The van der Waals surface area contributed by atoms with Gasteiger partial charge in [0.05, 0.1) is 25.2 Å². The van der Waals surface area contributed by atoms with Crippen molar-refractivity contribution in [2.45, 2.75) is 38.5 Å². The Morgan fingerprint density at radius 2 is 2.12 bits per heavy atom. The van der Waals surface area contributed by atoms with Gasteiger partial charge in [-0.05, 0) is 13.5 Å². The normalized spacial score (nSPS) is 39.8. The highest BCUT2D eigenvalue weighted by Crippen LogP contribution is 2.40. The van der Waals surface area contributed by atoms with Crippen molar-refractivity contribution in [3.05, 3.63) is 0 Å². The Morgan fingerprint density at radius 1 is 1.41 bits per heavy atom. The van der Waals surface area contributed by atoms with Crippen molar-refractivity contribution in [2.75, 3.05) is 20.3 Å². The van der Waals surface area contributed by atoms with Gasteiger partial charge in [0.25, 0.3) is 0 Å². The van der Waals surface area contributed by atoms with Gasteiger partial charge in [-0.1, -0.05) is 13.8 Å². The summed E-state index contributed by atoms with van der Waals surface area (Å²) in [6, 6.07) is 0.172. The minimum atomic E-state index is -0.312. The van der Waals surface area contributed by atoms with E-state index in [9.17, 15) is 9.90 Å².